The van der Waals surface area contributed by atoms with Crippen molar-refractivity contribution >= 4 is 0 Å². The molecule has 3 heteroatoms. The standard InChI is InChI=1S/C16H17FN2/c1-16(18,12-5-2-6-13(17)10-12)14-8-7-11-4-3-9-19-15(11)14/h2-6,9-10,14H,7-8,18H2,1H3. The summed E-state index contributed by atoms with van der Waals surface area (Å²) in [5.74, 6) is -0.0982. The highest BCUT2D eigenvalue weighted by Crippen LogP contribution is 2.42. The smallest absolute Gasteiger partial charge is 0.123 e. The fourth-order valence-corrected chi connectivity index (χ4v) is 3.02. The molecule has 98 valence electrons. The average molecular weight is 256 g/mol. The van der Waals surface area contributed by atoms with Crippen LogP contribution >= 0.6 is 0 Å². The minimum absolute atomic E-state index is 0.144. The predicted octanol–water partition coefficient (Wildman–Crippen LogP) is 3.12. The van der Waals surface area contributed by atoms with Gasteiger partial charge in [0.05, 0.1) is 0 Å². The summed E-state index contributed by atoms with van der Waals surface area (Å²) in [5.41, 5.74) is 9.09. The van der Waals surface area contributed by atoms with Gasteiger partial charge in [0.2, 0.25) is 0 Å². The van der Waals surface area contributed by atoms with Gasteiger partial charge in [-0.1, -0.05) is 18.2 Å². The first-order valence-electron chi connectivity index (χ1n) is 6.58. The lowest BCUT2D eigenvalue weighted by Gasteiger charge is -2.32. The highest BCUT2D eigenvalue weighted by Gasteiger charge is 2.38. The fourth-order valence-electron chi connectivity index (χ4n) is 3.02. The van der Waals surface area contributed by atoms with Crippen LogP contribution in [0.5, 0.6) is 0 Å². The molecule has 1 aliphatic carbocycles. The summed E-state index contributed by atoms with van der Waals surface area (Å²) in [6.07, 6.45) is 3.77. The van der Waals surface area contributed by atoms with Crippen LogP contribution in [0.3, 0.4) is 0 Å². The molecule has 2 nitrogen and oxygen atoms in total. The Morgan fingerprint density at radius 3 is 2.95 bits per heavy atom. The molecular weight excluding hydrogens is 239 g/mol. The third-order valence-electron chi connectivity index (χ3n) is 4.13. The minimum atomic E-state index is -0.596. The molecule has 0 saturated heterocycles. The number of nitrogens with two attached hydrogens (primary N) is 1. The van der Waals surface area contributed by atoms with Crippen molar-refractivity contribution in [3.8, 4) is 0 Å². The van der Waals surface area contributed by atoms with Crippen molar-refractivity contribution in [1.29, 1.82) is 0 Å². The largest absolute Gasteiger partial charge is 0.321 e. The van der Waals surface area contributed by atoms with Crippen LogP contribution in [-0.2, 0) is 12.0 Å². The van der Waals surface area contributed by atoms with Gasteiger partial charge < -0.3 is 5.73 Å². The Bertz CT molecular complexity index is 607. The molecule has 1 aliphatic rings. The van der Waals surface area contributed by atoms with Gasteiger partial charge in [0.25, 0.3) is 0 Å². The lowest BCUT2D eigenvalue weighted by atomic mass is 9.79. The normalized spacial score (nSPS) is 20.9. The predicted molar refractivity (Wildman–Crippen MR) is 73.2 cm³/mol. The van der Waals surface area contributed by atoms with Gasteiger partial charge in [-0.15, -0.1) is 0 Å². The molecule has 2 N–H and O–H groups in total. The number of hydrogen-bond acceptors (Lipinski definition) is 2. The van der Waals surface area contributed by atoms with E-state index in [0.29, 0.717) is 0 Å². The molecule has 19 heavy (non-hydrogen) atoms. The van der Waals surface area contributed by atoms with Gasteiger partial charge in [-0.25, -0.2) is 4.39 Å². The molecule has 0 bridgehead atoms. The number of halogens is 1. The number of nitrogens with zero attached hydrogens (tertiary/aromatic N) is 1. The number of aryl methyl sites for hydroxylation is 1. The second kappa shape index (κ2) is 4.42. The van der Waals surface area contributed by atoms with Crippen LogP contribution in [0.25, 0.3) is 0 Å². The van der Waals surface area contributed by atoms with Crippen LogP contribution in [0, 0.1) is 5.82 Å². The van der Waals surface area contributed by atoms with Gasteiger partial charge in [-0.3, -0.25) is 4.98 Å². The highest BCUT2D eigenvalue weighted by atomic mass is 19.1. The molecule has 0 radical (unpaired) electrons. The van der Waals surface area contributed by atoms with E-state index in [1.165, 1.54) is 17.7 Å². The summed E-state index contributed by atoms with van der Waals surface area (Å²) in [6, 6.07) is 10.6. The van der Waals surface area contributed by atoms with Crippen molar-refractivity contribution in [3.05, 3.63) is 65.2 Å². The number of benzene rings is 1. The monoisotopic (exact) mass is 256 g/mol. The zero-order valence-electron chi connectivity index (χ0n) is 10.9. The van der Waals surface area contributed by atoms with E-state index in [1.54, 1.807) is 12.3 Å². The molecule has 1 heterocycles. The van der Waals surface area contributed by atoms with Crippen LogP contribution < -0.4 is 5.73 Å². The van der Waals surface area contributed by atoms with Crippen molar-refractivity contribution in [1.82, 2.24) is 4.98 Å². The topological polar surface area (TPSA) is 38.9 Å². The second-order valence-corrected chi connectivity index (χ2v) is 5.43. The number of rotatable bonds is 2. The lowest BCUT2D eigenvalue weighted by Crippen LogP contribution is -2.39. The molecule has 1 aromatic heterocycles. The van der Waals surface area contributed by atoms with Crippen LogP contribution in [0.15, 0.2) is 42.6 Å². The molecule has 0 amide bonds. The maximum Gasteiger partial charge on any atom is 0.123 e. The van der Waals surface area contributed by atoms with Gasteiger partial charge in [-0.05, 0) is 49.1 Å². The summed E-state index contributed by atoms with van der Waals surface area (Å²) in [6.45, 7) is 1.97. The average Bonchev–Trinajstić information content (AvgIpc) is 2.83. The van der Waals surface area contributed by atoms with E-state index < -0.39 is 5.54 Å². The molecule has 3 rings (SSSR count). The van der Waals surface area contributed by atoms with E-state index in [-0.39, 0.29) is 11.7 Å². The Balaban J connectivity index is 2.02. The van der Waals surface area contributed by atoms with Crippen molar-refractivity contribution < 1.29 is 4.39 Å². The Labute approximate surface area is 112 Å². The molecular formula is C16H17FN2. The summed E-state index contributed by atoms with van der Waals surface area (Å²) >= 11 is 0. The van der Waals surface area contributed by atoms with E-state index in [9.17, 15) is 4.39 Å². The molecule has 1 aromatic carbocycles. The summed E-state index contributed by atoms with van der Waals surface area (Å²) in [5, 5.41) is 0. The van der Waals surface area contributed by atoms with E-state index in [1.807, 2.05) is 19.1 Å². The Kier molecular flexibility index (Phi) is 2.86. The number of fused-ring (bicyclic) bond motifs is 1. The first-order chi connectivity index (χ1) is 9.09. The molecule has 0 fully saturated rings. The molecule has 2 unspecified atom stereocenters. The van der Waals surface area contributed by atoms with E-state index in [0.717, 1.165) is 24.1 Å². The molecule has 0 spiro atoms. The third kappa shape index (κ3) is 2.04. The number of hydrogen-bond donors (Lipinski definition) is 1. The first-order valence-corrected chi connectivity index (χ1v) is 6.58. The maximum atomic E-state index is 13.4. The van der Waals surface area contributed by atoms with E-state index in [4.69, 9.17) is 5.73 Å². The Morgan fingerprint density at radius 1 is 1.32 bits per heavy atom. The van der Waals surface area contributed by atoms with Gasteiger partial charge in [0.15, 0.2) is 0 Å². The van der Waals surface area contributed by atoms with Crippen LogP contribution in [0.1, 0.15) is 36.1 Å². The SMILES string of the molecule is CC(N)(c1cccc(F)c1)C1CCc2cccnc21. The van der Waals surface area contributed by atoms with Gasteiger partial charge in [-0.2, -0.15) is 0 Å². The van der Waals surface area contributed by atoms with E-state index in [2.05, 4.69) is 11.1 Å². The van der Waals surface area contributed by atoms with Crippen molar-refractivity contribution in [2.75, 3.05) is 0 Å². The Hall–Kier alpha value is -1.74. The fraction of sp³-hybridized carbons (Fsp3) is 0.312. The van der Waals surface area contributed by atoms with Gasteiger partial charge in [0.1, 0.15) is 5.82 Å². The highest BCUT2D eigenvalue weighted by molar-refractivity contribution is 5.36. The van der Waals surface area contributed by atoms with E-state index >= 15 is 0 Å². The van der Waals surface area contributed by atoms with Crippen LogP contribution in [-0.4, -0.2) is 4.98 Å². The molecule has 2 atom stereocenters. The third-order valence-corrected chi connectivity index (χ3v) is 4.13. The second-order valence-electron chi connectivity index (χ2n) is 5.43. The zero-order valence-corrected chi connectivity index (χ0v) is 10.9. The lowest BCUT2D eigenvalue weighted by molar-refractivity contribution is 0.379. The number of aromatic nitrogens is 1. The van der Waals surface area contributed by atoms with Crippen molar-refractivity contribution in [2.45, 2.75) is 31.2 Å². The zero-order chi connectivity index (χ0) is 13.5. The summed E-state index contributed by atoms with van der Waals surface area (Å²) in [4.78, 5) is 4.48. The quantitative estimate of drug-likeness (QED) is 0.896. The van der Waals surface area contributed by atoms with Crippen LogP contribution in [0.2, 0.25) is 0 Å². The van der Waals surface area contributed by atoms with Crippen molar-refractivity contribution in [3.63, 3.8) is 0 Å². The van der Waals surface area contributed by atoms with Crippen molar-refractivity contribution in [2.24, 2.45) is 5.73 Å². The molecule has 2 aromatic rings. The first kappa shape index (κ1) is 12.3. The number of pyridine rings is 1. The summed E-state index contributed by atoms with van der Waals surface area (Å²) in [7, 11) is 0. The summed E-state index contributed by atoms with van der Waals surface area (Å²) < 4.78 is 13.4. The van der Waals surface area contributed by atoms with Gasteiger partial charge in [0, 0.05) is 23.3 Å². The maximum absolute atomic E-state index is 13.4. The van der Waals surface area contributed by atoms with Gasteiger partial charge >= 0.3 is 0 Å². The molecule has 0 saturated carbocycles. The minimum Gasteiger partial charge on any atom is -0.321 e. The molecule has 0 aliphatic heterocycles. The Morgan fingerprint density at radius 2 is 2.16 bits per heavy atom. The van der Waals surface area contributed by atoms with Crippen LogP contribution in [0.4, 0.5) is 4.39 Å².